The predicted octanol–water partition coefficient (Wildman–Crippen LogP) is 1.64. The van der Waals surface area contributed by atoms with Crippen LogP contribution >= 0.6 is 0 Å². The number of hydrogen-bond donors (Lipinski definition) is 2. The van der Waals surface area contributed by atoms with Gasteiger partial charge in [-0.2, -0.15) is 0 Å². The zero-order chi connectivity index (χ0) is 11.4. The van der Waals surface area contributed by atoms with Crippen LogP contribution in [0.2, 0.25) is 0 Å². The van der Waals surface area contributed by atoms with E-state index in [1.165, 1.54) is 0 Å². The van der Waals surface area contributed by atoms with Gasteiger partial charge in [0, 0.05) is 0 Å². The second kappa shape index (κ2) is 4.59. The van der Waals surface area contributed by atoms with Gasteiger partial charge in [0.05, 0.1) is 12.3 Å². The number of carbonyl (C=O) groups is 2. The monoisotopic (exact) mass is 208 g/mol. The Labute approximate surface area is 87.2 Å². The Balaban J connectivity index is 2.94. The molecule has 0 fully saturated rings. The van der Waals surface area contributed by atoms with Gasteiger partial charge in [-0.05, 0) is 12.5 Å². The quantitative estimate of drug-likeness (QED) is 0.788. The molecule has 0 amide bonds. The number of benzene rings is 1. The van der Waals surface area contributed by atoms with Crippen LogP contribution in [0.1, 0.15) is 23.5 Å². The van der Waals surface area contributed by atoms with Crippen molar-refractivity contribution in [3.8, 4) is 0 Å². The van der Waals surface area contributed by atoms with Gasteiger partial charge in [0.2, 0.25) is 0 Å². The Morgan fingerprint density at radius 2 is 1.73 bits per heavy atom. The van der Waals surface area contributed by atoms with Gasteiger partial charge in [-0.1, -0.05) is 29.8 Å². The zero-order valence-electron chi connectivity index (χ0n) is 8.30. The Hall–Kier alpha value is -1.84. The van der Waals surface area contributed by atoms with Crippen molar-refractivity contribution in [3.05, 3.63) is 35.4 Å². The van der Waals surface area contributed by atoms with E-state index in [0.29, 0.717) is 5.56 Å². The van der Waals surface area contributed by atoms with E-state index in [4.69, 9.17) is 10.2 Å². The molecule has 15 heavy (non-hydrogen) atoms. The summed E-state index contributed by atoms with van der Waals surface area (Å²) in [5.41, 5.74) is 1.54. The molecule has 0 spiro atoms. The molecule has 1 aromatic rings. The van der Waals surface area contributed by atoms with E-state index in [-0.39, 0.29) is 0 Å². The van der Waals surface area contributed by atoms with Crippen molar-refractivity contribution in [3.63, 3.8) is 0 Å². The third kappa shape index (κ3) is 3.09. The van der Waals surface area contributed by atoms with Crippen molar-refractivity contribution < 1.29 is 19.8 Å². The summed E-state index contributed by atoms with van der Waals surface area (Å²) in [4.78, 5) is 21.3. The van der Waals surface area contributed by atoms with Crippen molar-refractivity contribution in [2.75, 3.05) is 0 Å². The molecule has 0 saturated heterocycles. The van der Waals surface area contributed by atoms with Crippen LogP contribution in [-0.2, 0) is 9.59 Å². The fourth-order valence-electron chi connectivity index (χ4n) is 1.32. The fourth-order valence-corrected chi connectivity index (χ4v) is 1.32. The maximum Gasteiger partial charge on any atom is 0.311 e. The third-order valence-corrected chi connectivity index (χ3v) is 2.16. The van der Waals surface area contributed by atoms with Crippen LogP contribution in [0.25, 0.3) is 0 Å². The van der Waals surface area contributed by atoms with E-state index >= 15 is 0 Å². The molecule has 0 bridgehead atoms. The van der Waals surface area contributed by atoms with Crippen LogP contribution in [0.5, 0.6) is 0 Å². The molecular weight excluding hydrogens is 196 g/mol. The summed E-state index contributed by atoms with van der Waals surface area (Å²) >= 11 is 0. The first-order chi connectivity index (χ1) is 7.00. The van der Waals surface area contributed by atoms with E-state index in [1.807, 2.05) is 6.92 Å². The lowest BCUT2D eigenvalue weighted by molar-refractivity contribution is -0.145. The molecular formula is C11H12O4. The van der Waals surface area contributed by atoms with Crippen LogP contribution in [0.3, 0.4) is 0 Å². The molecule has 0 aliphatic heterocycles. The molecule has 1 rings (SSSR count). The van der Waals surface area contributed by atoms with Gasteiger partial charge < -0.3 is 10.2 Å². The second-order valence-corrected chi connectivity index (χ2v) is 3.40. The topological polar surface area (TPSA) is 74.6 Å². The molecule has 0 aromatic heterocycles. The van der Waals surface area contributed by atoms with Gasteiger partial charge in [0.15, 0.2) is 0 Å². The van der Waals surface area contributed by atoms with E-state index in [0.717, 1.165) is 5.56 Å². The Morgan fingerprint density at radius 3 is 2.13 bits per heavy atom. The molecule has 4 heteroatoms. The molecule has 0 heterocycles. The summed E-state index contributed by atoms with van der Waals surface area (Å²) in [5, 5.41) is 17.5. The molecule has 0 aliphatic carbocycles. The van der Waals surface area contributed by atoms with Crippen molar-refractivity contribution in [1.82, 2.24) is 0 Å². The van der Waals surface area contributed by atoms with Crippen LogP contribution in [-0.4, -0.2) is 22.2 Å². The number of carboxylic acids is 2. The van der Waals surface area contributed by atoms with Crippen molar-refractivity contribution in [1.29, 1.82) is 0 Å². The standard InChI is InChI=1S/C11H12O4/c1-7-2-4-8(5-3-7)9(11(14)15)6-10(12)13/h2-5,9H,6H2,1H3,(H,12,13)(H,14,15). The minimum Gasteiger partial charge on any atom is -0.481 e. The number of aliphatic carboxylic acids is 2. The first-order valence-corrected chi connectivity index (χ1v) is 4.52. The van der Waals surface area contributed by atoms with E-state index in [1.54, 1.807) is 24.3 Å². The summed E-state index contributed by atoms with van der Waals surface area (Å²) in [6.07, 6.45) is -0.390. The Morgan fingerprint density at radius 1 is 1.20 bits per heavy atom. The summed E-state index contributed by atoms with van der Waals surface area (Å²) in [6, 6.07) is 6.84. The maximum atomic E-state index is 10.9. The van der Waals surface area contributed by atoms with Gasteiger partial charge in [-0.25, -0.2) is 0 Å². The van der Waals surface area contributed by atoms with E-state index in [9.17, 15) is 9.59 Å². The second-order valence-electron chi connectivity index (χ2n) is 3.40. The zero-order valence-corrected chi connectivity index (χ0v) is 8.30. The molecule has 80 valence electrons. The SMILES string of the molecule is Cc1ccc(C(CC(=O)O)C(=O)O)cc1. The summed E-state index contributed by atoms with van der Waals surface area (Å²) in [7, 11) is 0. The normalized spacial score (nSPS) is 12.1. The molecule has 0 saturated carbocycles. The fraction of sp³-hybridized carbons (Fsp3) is 0.273. The van der Waals surface area contributed by atoms with Gasteiger partial charge in [-0.15, -0.1) is 0 Å². The van der Waals surface area contributed by atoms with Gasteiger partial charge in [0.1, 0.15) is 0 Å². The molecule has 1 aromatic carbocycles. The van der Waals surface area contributed by atoms with E-state index in [2.05, 4.69) is 0 Å². The van der Waals surface area contributed by atoms with Crippen molar-refractivity contribution >= 4 is 11.9 Å². The molecule has 0 radical (unpaired) electrons. The predicted molar refractivity (Wildman–Crippen MR) is 53.8 cm³/mol. The third-order valence-electron chi connectivity index (χ3n) is 2.16. The smallest absolute Gasteiger partial charge is 0.311 e. The van der Waals surface area contributed by atoms with Gasteiger partial charge in [-0.3, -0.25) is 9.59 Å². The average Bonchev–Trinajstić information content (AvgIpc) is 2.15. The van der Waals surface area contributed by atoms with Crippen molar-refractivity contribution in [2.45, 2.75) is 19.3 Å². The summed E-state index contributed by atoms with van der Waals surface area (Å²) < 4.78 is 0. The average molecular weight is 208 g/mol. The number of rotatable bonds is 4. The minimum atomic E-state index is -1.11. The van der Waals surface area contributed by atoms with Crippen molar-refractivity contribution in [2.24, 2.45) is 0 Å². The maximum absolute atomic E-state index is 10.9. The highest BCUT2D eigenvalue weighted by molar-refractivity contribution is 5.82. The Bertz CT molecular complexity index is 367. The van der Waals surface area contributed by atoms with Gasteiger partial charge in [0.25, 0.3) is 0 Å². The summed E-state index contributed by atoms with van der Waals surface area (Å²) in [6.45, 7) is 1.89. The number of hydrogen-bond acceptors (Lipinski definition) is 2. The molecule has 4 nitrogen and oxygen atoms in total. The number of aryl methyl sites for hydroxylation is 1. The largest absolute Gasteiger partial charge is 0.481 e. The highest BCUT2D eigenvalue weighted by Gasteiger charge is 2.22. The van der Waals surface area contributed by atoms with Crippen LogP contribution in [0.4, 0.5) is 0 Å². The first-order valence-electron chi connectivity index (χ1n) is 4.52. The lowest BCUT2D eigenvalue weighted by Gasteiger charge is -2.10. The highest BCUT2D eigenvalue weighted by Crippen LogP contribution is 2.20. The molecule has 0 aliphatic rings. The molecule has 2 N–H and O–H groups in total. The van der Waals surface area contributed by atoms with Crippen LogP contribution in [0, 0.1) is 6.92 Å². The van der Waals surface area contributed by atoms with Crippen LogP contribution in [0.15, 0.2) is 24.3 Å². The first kappa shape index (κ1) is 11.2. The van der Waals surface area contributed by atoms with E-state index < -0.39 is 24.3 Å². The number of carboxylic acid groups (broad SMARTS) is 2. The van der Waals surface area contributed by atoms with Gasteiger partial charge >= 0.3 is 11.9 Å². The lowest BCUT2D eigenvalue weighted by atomic mass is 9.95. The summed E-state index contributed by atoms with van der Waals surface area (Å²) in [5.74, 6) is -3.19. The molecule has 1 unspecified atom stereocenters. The molecule has 1 atom stereocenters. The lowest BCUT2D eigenvalue weighted by Crippen LogP contribution is -2.15. The van der Waals surface area contributed by atoms with Crippen LogP contribution < -0.4 is 0 Å². The minimum absolute atomic E-state index is 0.390. The Kier molecular flexibility index (Phi) is 3.44. The highest BCUT2D eigenvalue weighted by atomic mass is 16.4.